The van der Waals surface area contributed by atoms with E-state index in [0.717, 1.165) is 0 Å². The Labute approximate surface area is 119 Å². The Morgan fingerprint density at radius 3 is 2.81 bits per heavy atom. The van der Waals surface area contributed by atoms with Crippen molar-refractivity contribution in [2.45, 2.75) is 13.0 Å². The molecule has 110 valence electrons. The van der Waals surface area contributed by atoms with Crippen LogP contribution in [0.5, 0.6) is 0 Å². The standard InChI is InChI=1S/C12H14N6O3/c1-7(8-4-3-5-9(6-8)18(20)21)17(2)11(19)10-14-12(13)16-15-10/h3-7H,1-2H3,(H3,13,14,15,16). The second-order valence-corrected chi connectivity index (χ2v) is 4.49. The summed E-state index contributed by atoms with van der Waals surface area (Å²) in [5.74, 6) is -0.403. The van der Waals surface area contributed by atoms with E-state index in [1.54, 1.807) is 26.1 Å². The Bertz CT molecular complexity index is 683. The monoisotopic (exact) mass is 290 g/mol. The highest BCUT2D eigenvalue weighted by Gasteiger charge is 2.22. The number of anilines is 1. The third-order valence-electron chi connectivity index (χ3n) is 3.17. The number of hydrogen-bond donors (Lipinski definition) is 2. The molecule has 1 unspecified atom stereocenters. The number of aromatic nitrogens is 3. The number of carbonyl (C=O) groups excluding carboxylic acids is 1. The van der Waals surface area contributed by atoms with Crippen LogP contribution in [0.25, 0.3) is 0 Å². The van der Waals surface area contributed by atoms with Gasteiger partial charge < -0.3 is 10.6 Å². The normalized spacial score (nSPS) is 11.9. The van der Waals surface area contributed by atoms with Crippen molar-refractivity contribution in [3.05, 3.63) is 45.8 Å². The molecule has 0 fully saturated rings. The van der Waals surface area contributed by atoms with Crippen molar-refractivity contribution in [1.29, 1.82) is 0 Å². The minimum absolute atomic E-state index is 0.0187. The number of hydrogen-bond acceptors (Lipinski definition) is 6. The third-order valence-corrected chi connectivity index (χ3v) is 3.17. The van der Waals surface area contributed by atoms with Gasteiger partial charge in [-0.25, -0.2) is 0 Å². The number of nitrogen functional groups attached to an aromatic ring is 1. The van der Waals surface area contributed by atoms with Gasteiger partial charge in [-0.3, -0.25) is 20.0 Å². The zero-order valence-electron chi connectivity index (χ0n) is 11.5. The van der Waals surface area contributed by atoms with Crippen LogP contribution in [-0.4, -0.2) is 38.0 Å². The lowest BCUT2D eigenvalue weighted by molar-refractivity contribution is -0.384. The number of nitrogens with zero attached hydrogens (tertiary/aromatic N) is 4. The smallest absolute Gasteiger partial charge is 0.291 e. The van der Waals surface area contributed by atoms with Crippen LogP contribution in [0.15, 0.2) is 24.3 Å². The lowest BCUT2D eigenvalue weighted by Crippen LogP contribution is -2.30. The van der Waals surface area contributed by atoms with E-state index in [2.05, 4.69) is 15.2 Å². The molecule has 1 amide bonds. The number of aromatic amines is 1. The van der Waals surface area contributed by atoms with Gasteiger partial charge in [0.05, 0.1) is 11.0 Å². The first kappa shape index (κ1) is 14.4. The summed E-state index contributed by atoms with van der Waals surface area (Å²) >= 11 is 0. The molecule has 0 spiro atoms. The average molecular weight is 290 g/mol. The van der Waals surface area contributed by atoms with E-state index in [0.29, 0.717) is 5.56 Å². The van der Waals surface area contributed by atoms with E-state index < -0.39 is 10.8 Å². The summed E-state index contributed by atoms with van der Waals surface area (Å²) in [4.78, 5) is 27.7. The minimum Gasteiger partial charge on any atom is -0.366 e. The molecule has 0 aliphatic rings. The number of non-ortho nitro benzene ring substituents is 1. The maximum Gasteiger partial charge on any atom is 0.291 e. The number of amides is 1. The molecule has 0 saturated heterocycles. The van der Waals surface area contributed by atoms with E-state index in [1.165, 1.54) is 17.0 Å². The first-order valence-corrected chi connectivity index (χ1v) is 6.09. The van der Waals surface area contributed by atoms with E-state index in [9.17, 15) is 14.9 Å². The van der Waals surface area contributed by atoms with Gasteiger partial charge >= 0.3 is 0 Å². The largest absolute Gasteiger partial charge is 0.366 e. The summed E-state index contributed by atoms with van der Waals surface area (Å²) in [6, 6.07) is 5.76. The predicted molar refractivity (Wildman–Crippen MR) is 74.4 cm³/mol. The molecular formula is C12H14N6O3. The van der Waals surface area contributed by atoms with Gasteiger partial charge in [0.15, 0.2) is 0 Å². The van der Waals surface area contributed by atoms with Crippen molar-refractivity contribution in [2.75, 3.05) is 12.8 Å². The Hall–Kier alpha value is -2.97. The number of benzene rings is 1. The highest BCUT2D eigenvalue weighted by atomic mass is 16.6. The Morgan fingerprint density at radius 1 is 1.52 bits per heavy atom. The molecule has 0 bridgehead atoms. The van der Waals surface area contributed by atoms with Gasteiger partial charge in [-0.2, -0.15) is 4.98 Å². The first-order chi connectivity index (χ1) is 9.90. The highest BCUT2D eigenvalue weighted by Crippen LogP contribution is 2.23. The van der Waals surface area contributed by atoms with Crippen LogP contribution in [0, 0.1) is 10.1 Å². The van der Waals surface area contributed by atoms with Crippen LogP contribution in [0.3, 0.4) is 0 Å². The maximum atomic E-state index is 12.2. The number of nitro benzene ring substituents is 1. The Balaban J connectivity index is 2.22. The fourth-order valence-corrected chi connectivity index (χ4v) is 1.84. The summed E-state index contributed by atoms with van der Waals surface area (Å²) in [6.45, 7) is 1.76. The minimum atomic E-state index is -0.477. The molecule has 1 heterocycles. The van der Waals surface area contributed by atoms with E-state index in [1.807, 2.05) is 0 Å². The topological polar surface area (TPSA) is 131 Å². The molecule has 0 aliphatic heterocycles. The van der Waals surface area contributed by atoms with Crippen molar-refractivity contribution >= 4 is 17.5 Å². The number of nitrogens with two attached hydrogens (primary N) is 1. The molecule has 0 saturated carbocycles. The van der Waals surface area contributed by atoms with Crippen LogP contribution in [0.2, 0.25) is 0 Å². The molecule has 21 heavy (non-hydrogen) atoms. The summed E-state index contributed by atoms with van der Waals surface area (Å²) in [7, 11) is 1.57. The van der Waals surface area contributed by atoms with Gasteiger partial charge in [0.25, 0.3) is 11.6 Å². The number of nitrogens with one attached hydrogen (secondary N) is 1. The SMILES string of the molecule is CC(c1cccc([N+](=O)[O-])c1)N(C)C(=O)c1nc(N)n[nH]1. The van der Waals surface area contributed by atoms with Crippen molar-refractivity contribution < 1.29 is 9.72 Å². The molecule has 0 aliphatic carbocycles. The second kappa shape index (κ2) is 5.57. The van der Waals surface area contributed by atoms with Gasteiger partial charge in [-0.05, 0) is 12.5 Å². The van der Waals surface area contributed by atoms with Crippen LogP contribution < -0.4 is 5.73 Å². The average Bonchev–Trinajstić information content (AvgIpc) is 2.91. The van der Waals surface area contributed by atoms with E-state index in [-0.39, 0.29) is 23.5 Å². The van der Waals surface area contributed by atoms with Gasteiger partial charge in [0.1, 0.15) is 0 Å². The van der Waals surface area contributed by atoms with Gasteiger partial charge in [0, 0.05) is 19.2 Å². The van der Waals surface area contributed by atoms with Crippen LogP contribution >= 0.6 is 0 Å². The fraction of sp³-hybridized carbons (Fsp3) is 0.250. The lowest BCUT2D eigenvalue weighted by Gasteiger charge is -2.24. The van der Waals surface area contributed by atoms with Crippen LogP contribution in [0.1, 0.15) is 29.1 Å². The van der Waals surface area contributed by atoms with Gasteiger partial charge in [0.2, 0.25) is 11.8 Å². The molecule has 2 rings (SSSR count). The molecule has 9 nitrogen and oxygen atoms in total. The number of nitro groups is 1. The fourth-order valence-electron chi connectivity index (χ4n) is 1.84. The molecule has 1 atom stereocenters. The molecule has 0 radical (unpaired) electrons. The van der Waals surface area contributed by atoms with Crippen LogP contribution in [0.4, 0.5) is 11.6 Å². The van der Waals surface area contributed by atoms with Gasteiger partial charge in [-0.15, -0.1) is 5.10 Å². The van der Waals surface area contributed by atoms with Crippen molar-refractivity contribution in [3.63, 3.8) is 0 Å². The maximum absolute atomic E-state index is 12.2. The number of rotatable bonds is 4. The zero-order chi connectivity index (χ0) is 15.6. The van der Waals surface area contributed by atoms with E-state index >= 15 is 0 Å². The predicted octanol–water partition coefficient (Wildman–Crippen LogP) is 1.13. The summed E-state index contributed by atoms with van der Waals surface area (Å²) < 4.78 is 0. The molecule has 1 aromatic heterocycles. The highest BCUT2D eigenvalue weighted by molar-refractivity contribution is 5.90. The summed E-state index contributed by atoms with van der Waals surface area (Å²) in [5, 5.41) is 16.8. The first-order valence-electron chi connectivity index (χ1n) is 6.09. The molecule has 1 aromatic carbocycles. The van der Waals surface area contributed by atoms with Crippen molar-refractivity contribution in [3.8, 4) is 0 Å². The van der Waals surface area contributed by atoms with Crippen molar-refractivity contribution in [1.82, 2.24) is 20.1 Å². The Kier molecular flexibility index (Phi) is 3.83. The van der Waals surface area contributed by atoms with Crippen molar-refractivity contribution in [2.24, 2.45) is 0 Å². The quantitative estimate of drug-likeness (QED) is 0.641. The lowest BCUT2D eigenvalue weighted by atomic mass is 10.1. The molecular weight excluding hydrogens is 276 g/mol. The summed E-state index contributed by atoms with van der Waals surface area (Å²) in [5.41, 5.74) is 5.98. The number of carbonyl (C=O) groups is 1. The molecule has 9 heteroatoms. The zero-order valence-corrected chi connectivity index (χ0v) is 11.5. The van der Waals surface area contributed by atoms with E-state index in [4.69, 9.17) is 5.73 Å². The van der Waals surface area contributed by atoms with Gasteiger partial charge in [-0.1, -0.05) is 12.1 Å². The van der Waals surface area contributed by atoms with Crippen LogP contribution in [-0.2, 0) is 0 Å². The molecule has 2 aromatic rings. The third kappa shape index (κ3) is 2.96. The molecule has 3 N–H and O–H groups in total. The second-order valence-electron chi connectivity index (χ2n) is 4.49. The number of H-pyrrole nitrogens is 1. The summed E-state index contributed by atoms with van der Waals surface area (Å²) in [6.07, 6.45) is 0. The Morgan fingerprint density at radius 2 is 2.24 bits per heavy atom.